The van der Waals surface area contributed by atoms with E-state index in [1.54, 1.807) is 19.2 Å². The zero-order valence-corrected chi connectivity index (χ0v) is 15.5. The predicted molar refractivity (Wildman–Crippen MR) is 101 cm³/mol. The molecule has 0 fully saturated rings. The topological polar surface area (TPSA) is 60.0 Å². The standard InChI is InChI=1S/C20H26N2O4/c1-22(2)13-15-26-17-9-5-4-8-16(17)20(23)21-12-14-25-19-11-7-6-10-18(19)24-3/h4-11H,12-15H2,1-3H3,(H,21,23). The lowest BCUT2D eigenvalue weighted by Crippen LogP contribution is -2.29. The van der Waals surface area contributed by atoms with Gasteiger partial charge in [0, 0.05) is 6.54 Å². The summed E-state index contributed by atoms with van der Waals surface area (Å²) in [4.78, 5) is 14.4. The fraction of sp³-hybridized carbons (Fsp3) is 0.350. The molecule has 0 aromatic heterocycles. The number of hydrogen-bond donors (Lipinski definition) is 1. The number of para-hydroxylation sites is 3. The highest BCUT2D eigenvalue weighted by Crippen LogP contribution is 2.25. The smallest absolute Gasteiger partial charge is 0.255 e. The van der Waals surface area contributed by atoms with Gasteiger partial charge in [0.2, 0.25) is 0 Å². The summed E-state index contributed by atoms with van der Waals surface area (Å²) < 4.78 is 16.6. The van der Waals surface area contributed by atoms with Gasteiger partial charge in [0.1, 0.15) is 19.0 Å². The van der Waals surface area contributed by atoms with Crippen molar-refractivity contribution < 1.29 is 19.0 Å². The van der Waals surface area contributed by atoms with Gasteiger partial charge in [-0.2, -0.15) is 0 Å². The zero-order valence-electron chi connectivity index (χ0n) is 15.5. The van der Waals surface area contributed by atoms with Crippen LogP contribution in [-0.2, 0) is 0 Å². The van der Waals surface area contributed by atoms with Crippen LogP contribution in [0.2, 0.25) is 0 Å². The monoisotopic (exact) mass is 358 g/mol. The van der Waals surface area contributed by atoms with E-state index in [1.807, 2.05) is 55.4 Å². The van der Waals surface area contributed by atoms with Gasteiger partial charge in [0.15, 0.2) is 11.5 Å². The number of nitrogens with one attached hydrogen (secondary N) is 1. The van der Waals surface area contributed by atoms with E-state index in [2.05, 4.69) is 5.32 Å². The molecule has 0 aliphatic carbocycles. The van der Waals surface area contributed by atoms with Crippen LogP contribution in [0.5, 0.6) is 17.2 Å². The lowest BCUT2D eigenvalue weighted by Gasteiger charge is -2.14. The lowest BCUT2D eigenvalue weighted by atomic mass is 10.2. The molecule has 0 aliphatic heterocycles. The molecule has 0 aliphatic rings. The van der Waals surface area contributed by atoms with Crippen molar-refractivity contribution >= 4 is 5.91 Å². The average molecular weight is 358 g/mol. The van der Waals surface area contributed by atoms with Gasteiger partial charge < -0.3 is 24.4 Å². The molecule has 0 radical (unpaired) electrons. The van der Waals surface area contributed by atoms with Gasteiger partial charge in [-0.15, -0.1) is 0 Å². The molecule has 2 aromatic rings. The van der Waals surface area contributed by atoms with Crippen LogP contribution in [0, 0.1) is 0 Å². The third-order valence-corrected chi connectivity index (χ3v) is 3.64. The van der Waals surface area contributed by atoms with Crippen molar-refractivity contribution in [3.8, 4) is 17.2 Å². The number of benzene rings is 2. The summed E-state index contributed by atoms with van der Waals surface area (Å²) in [7, 11) is 5.55. The van der Waals surface area contributed by atoms with Gasteiger partial charge in [-0.25, -0.2) is 0 Å². The molecule has 0 bridgehead atoms. The Morgan fingerprint density at radius 1 is 0.923 bits per heavy atom. The maximum Gasteiger partial charge on any atom is 0.255 e. The van der Waals surface area contributed by atoms with E-state index in [-0.39, 0.29) is 5.91 Å². The van der Waals surface area contributed by atoms with Crippen LogP contribution in [0.4, 0.5) is 0 Å². The van der Waals surface area contributed by atoms with E-state index in [9.17, 15) is 4.79 Å². The fourth-order valence-electron chi connectivity index (χ4n) is 2.28. The average Bonchev–Trinajstić information content (AvgIpc) is 2.65. The van der Waals surface area contributed by atoms with Gasteiger partial charge in [-0.05, 0) is 38.4 Å². The predicted octanol–water partition coefficient (Wildman–Crippen LogP) is 2.44. The van der Waals surface area contributed by atoms with Crippen LogP contribution < -0.4 is 19.5 Å². The summed E-state index contributed by atoms with van der Waals surface area (Å²) in [6.45, 7) is 2.02. The van der Waals surface area contributed by atoms with Crippen molar-refractivity contribution in [3.63, 3.8) is 0 Å². The van der Waals surface area contributed by atoms with Crippen LogP contribution in [0.3, 0.4) is 0 Å². The highest BCUT2D eigenvalue weighted by molar-refractivity contribution is 5.96. The molecule has 26 heavy (non-hydrogen) atoms. The quantitative estimate of drug-likeness (QED) is 0.661. The number of methoxy groups -OCH3 is 1. The molecular weight excluding hydrogens is 332 g/mol. The minimum absolute atomic E-state index is 0.186. The molecule has 2 rings (SSSR count). The Morgan fingerprint density at radius 3 is 2.23 bits per heavy atom. The molecule has 6 nitrogen and oxygen atoms in total. The van der Waals surface area contributed by atoms with Crippen molar-refractivity contribution in [2.45, 2.75) is 0 Å². The molecule has 0 saturated carbocycles. The Balaban J connectivity index is 1.84. The summed E-state index contributed by atoms with van der Waals surface area (Å²) >= 11 is 0. The van der Waals surface area contributed by atoms with Gasteiger partial charge >= 0.3 is 0 Å². The van der Waals surface area contributed by atoms with E-state index in [0.717, 1.165) is 6.54 Å². The number of nitrogens with zero attached hydrogens (tertiary/aromatic N) is 1. The van der Waals surface area contributed by atoms with Crippen LogP contribution >= 0.6 is 0 Å². The van der Waals surface area contributed by atoms with Crippen molar-refractivity contribution in [3.05, 3.63) is 54.1 Å². The fourth-order valence-corrected chi connectivity index (χ4v) is 2.28. The van der Waals surface area contributed by atoms with Gasteiger partial charge in [-0.3, -0.25) is 4.79 Å². The summed E-state index contributed by atoms with van der Waals surface area (Å²) in [5, 5.41) is 2.85. The van der Waals surface area contributed by atoms with E-state index < -0.39 is 0 Å². The first-order valence-corrected chi connectivity index (χ1v) is 8.52. The van der Waals surface area contributed by atoms with E-state index in [1.165, 1.54) is 0 Å². The molecule has 0 saturated heterocycles. The third-order valence-electron chi connectivity index (χ3n) is 3.64. The number of amides is 1. The number of carbonyl (C=O) groups excluding carboxylic acids is 1. The van der Waals surface area contributed by atoms with Crippen molar-refractivity contribution in [1.82, 2.24) is 10.2 Å². The molecule has 0 spiro atoms. The van der Waals surface area contributed by atoms with Gasteiger partial charge in [0.25, 0.3) is 5.91 Å². The van der Waals surface area contributed by atoms with Crippen LogP contribution in [-0.4, -0.2) is 58.3 Å². The normalized spacial score (nSPS) is 10.5. The van der Waals surface area contributed by atoms with Crippen molar-refractivity contribution in [1.29, 1.82) is 0 Å². The van der Waals surface area contributed by atoms with Gasteiger partial charge in [0.05, 0.1) is 19.2 Å². The zero-order chi connectivity index (χ0) is 18.8. The lowest BCUT2D eigenvalue weighted by molar-refractivity contribution is 0.0942. The minimum atomic E-state index is -0.186. The highest BCUT2D eigenvalue weighted by atomic mass is 16.5. The Morgan fingerprint density at radius 2 is 1.54 bits per heavy atom. The number of rotatable bonds is 10. The van der Waals surface area contributed by atoms with Crippen LogP contribution in [0.25, 0.3) is 0 Å². The van der Waals surface area contributed by atoms with Gasteiger partial charge in [-0.1, -0.05) is 24.3 Å². The van der Waals surface area contributed by atoms with Crippen molar-refractivity contribution in [2.24, 2.45) is 0 Å². The highest BCUT2D eigenvalue weighted by Gasteiger charge is 2.12. The first kappa shape index (κ1) is 19.6. The maximum absolute atomic E-state index is 12.4. The molecule has 0 heterocycles. The van der Waals surface area contributed by atoms with E-state index in [4.69, 9.17) is 14.2 Å². The van der Waals surface area contributed by atoms with E-state index >= 15 is 0 Å². The molecule has 1 N–H and O–H groups in total. The SMILES string of the molecule is COc1ccccc1OCCNC(=O)c1ccccc1OCCN(C)C. The van der Waals surface area contributed by atoms with Crippen LogP contribution in [0.15, 0.2) is 48.5 Å². The molecular formula is C20H26N2O4. The Hall–Kier alpha value is -2.73. The van der Waals surface area contributed by atoms with Crippen LogP contribution in [0.1, 0.15) is 10.4 Å². The molecule has 1 amide bonds. The Labute approximate surface area is 154 Å². The van der Waals surface area contributed by atoms with E-state index in [0.29, 0.717) is 42.6 Å². The second kappa shape index (κ2) is 10.3. The first-order valence-electron chi connectivity index (χ1n) is 8.52. The molecule has 140 valence electrons. The molecule has 0 atom stereocenters. The summed E-state index contributed by atoms with van der Waals surface area (Å²) in [6, 6.07) is 14.6. The Kier molecular flexibility index (Phi) is 7.76. The summed E-state index contributed by atoms with van der Waals surface area (Å²) in [6.07, 6.45) is 0. The largest absolute Gasteiger partial charge is 0.493 e. The first-order chi connectivity index (χ1) is 12.6. The number of hydrogen-bond acceptors (Lipinski definition) is 5. The maximum atomic E-state index is 12.4. The van der Waals surface area contributed by atoms with Crippen molar-refractivity contribution in [2.75, 3.05) is 47.5 Å². The third kappa shape index (κ3) is 5.97. The minimum Gasteiger partial charge on any atom is -0.493 e. The Bertz CT molecular complexity index is 704. The number of likely N-dealkylation sites (N-methyl/N-ethyl adjacent to an activating group) is 1. The summed E-state index contributed by atoms with van der Waals surface area (Å²) in [5.41, 5.74) is 0.517. The molecule has 2 aromatic carbocycles. The number of ether oxygens (including phenoxy) is 3. The molecule has 0 unspecified atom stereocenters. The number of carbonyl (C=O) groups is 1. The second-order valence-corrected chi connectivity index (χ2v) is 5.90. The second-order valence-electron chi connectivity index (χ2n) is 5.90. The molecule has 6 heteroatoms. The summed E-state index contributed by atoms with van der Waals surface area (Å²) in [5.74, 6) is 1.71.